The normalized spacial score (nSPS) is 13.3. The number of hydrogen-bond acceptors (Lipinski definition) is 4. The largest absolute Gasteiger partial charge is 0.480 e. The van der Waals surface area contributed by atoms with E-state index in [1.165, 1.54) is 30.1 Å². The zero-order valence-electron chi connectivity index (χ0n) is 22.0. The molecule has 4 rings (SSSR count). The lowest BCUT2D eigenvalue weighted by Crippen LogP contribution is -2.50. The van der Waals surface area contributed by atoms with Crippen LogP contribution in [0.5, 0.6) is 0 Å². The number of nitrogens with zero attached hydrogens (tertiary/aromatic N) is 2. The van der Waals surface area contributed by atoms with Crippen LogP contribution in [0.1, 0.15) is 37.4 Å². The van der Waals surface area contributed by atoms with Crippen molar-refractivity contribution in [3.05, 3.63) is 104 Å². The summed E-state index contributed by atoms with van der Waals surface area (Å²) >= 11 is 12.9. The molecule has 0 fully saturated rings. The van der Waals surface area contributed by atoms with Gasteiger partial charge in [0, 0.05) is 32.2 Å². The van der Waals surface area contributed by atoms with Crippen LogP contribution < -0.4 is 10.6 Å². The second-order valence-corrected chi connectivity index (χ2v) is 10.4. The molecule has 0 spiro atoms. The number of likely N-dealkylation sites (N-methyl/N-ethyl adjacent to an activating group) is 1. The van der Waals surface area contributed by atoms with Crippen LogP contribution in [-0.2, 0) is 24.3 Å². The highest BCUT2D eigenvalue weighted by atomic mass is 35.5. The number of carbonyl (C=O) groups excluding carboxylic acids is 3. The third-order valence-electron chi connectivity index (χ3n) is 6.65. The lowest BCUT2D eigenvalue weighted by atomic mass is 9.95. The van der Waals surface area contributed by atoms with Crippen LogP contribution in [0.25, 0.3) is 0 Å². The molecule has 41 heavy (non-hydrogen) atoms. The zero-order chi connectivity index (χ0) is 29.7. The monoisotopic (exact) mass is 600 g/mol. The van der Waals surface area contributed by atoms with Gasteiger partial charge in [-0.1, -0.05) is 65.7 Å². The molecule has 0 aliphatic carbocycles. The maximum atomic E-state index is 13.6. The molecular weight excluding hydrogens is 574 g/mol. The number of hydrogen-bond donors (Lipinski definition) is 3. The number of rotatable bonds is 9. The first-order valence-electron chi connectivity index (χ1n) is 12.7. The fourth-order valence-corrected chi connectivity index (χ4v) is 5.23. The minimum atomic E-state index is -1.47. The molecule has 0 aromatic heterocycles. The second-order valence-electron chi connectivity index (χ2n) is 9.57. The molecule has 1 unspecified atom stereocenters. The van der Waals surface area contributed by atoms with Gasteiger partial charge in [-0.05, 0) is 41.3 Å². The van der Waals surface area contributed by atoms with Crippen molar-refractivity contribution in [2.45, 2.75) is 25.6 Å². The van der Waals surface area contributed by atoms with Gasteiger partial charge in [-0.25, -0.2) is 14.0 Å². The summed E-state index contributed by atoms with van der Waals surface area (Å²) in [6, 6.07) is 14.4. The van der Waals surface area contributed by atoms with Gasteiger partial charge in [-0.3, -0.25) is 9.59 Å². The quantitative estimate of drug-likeness (QED) is 0.337. The van der Waals surface area contributed by atoms with Crippen LogP contribution in [0.15, 0.2) is 60.7 Å². The summed E-state index contributed by atoms with van der Waals surface area (Å²) in [6.45, 7) is 0.355. The Morgan fingerprint density at radius 1 is 1.07 bits per heavy atom. The molecule has 1 atom stereocenters. The fraction of sp³-hybridized carbons (Fsp3) is 0.241. The van der Waals surface area contributed by atoms with Gasteiger partial charge in [0.25, 0.3) is 11.8 Å². The average Bonchev–Trinajstić information content (AvgIpc) is 2.93. The number of carboxylic acids is 1. The van der Waals surface area contributed by atoms with E-state index in [9.17, 15) is 28.7 Å². The van der Waals surface area contributed by atoms with Crippen LogP contribution in [-0.4, -0.2) is 64.9 Å². The van der Waals surface area contributed by atoms with E-state index in [1.54, 1.807) is 12.1 Å². The van der Waals surface area contributed by atoms with Gasteiger partial charge in [0.05, 0.1) is 22.2 Å². The van der Waals surface area contributed by atoms with E-state index >= 15 is 0 Å². The second kappa shape index (κ2) is 13.0. The van der Waals surface area contributed by atoms with Crippen molar-refractivity contribution in [2.24, 2.45) is 0 Å². The Bertz CT molecular complexity index is 1490. The molecule has 3 aromatic rings. The highest BCUT2D eigenvalue weighted by molar-refractivity contribution is 6.41. The van der Waals surface area contributed by atoms with E-state index in [1.807, 2.05) is 30.3 Å². The Hall–Kier alpha value is -4.15. The SMILES string of the molecule is CN(CC(NC(=O)c1c(Cl)cc2c(c1Cl)CCN(Cc1cccc(F)c1)C2=O)C(=O)O)C(=O)NCc1ccccc1. The minimum absolute atomic E-state index is 0.0538. The Morgan fingerprint density at radius 2 is 1.78 bits per heavy atom. The Kier molecular flexibility index (Phi) is 9.46. The summed E-state index contributed by atoms with van der Waals surface area (Å²) in [7, 11) is 1.41. The molecule has 9 nitrogen and oxygen atoms in total. The van der Waals surface area contributed by atoms with Gasteiger partial charge in [0.15, 0.2) is 0 Å². The summed E-state index contributed by atoms with van der Waals surface area (Å²) in [5, 5.41) is 14.6. The molecule has 3 N–H and O–H groups in total. The van der Waals surface area contributed by atoms with Crippen LogP contribution in [0.2, 0.25) is 10.0 Å². The number of benzene rings is 3. The van der Waals surface area contributed by atoms with Crippen LogP contribution >= 0.6 is 23.2 Å². The highest BCUT2D eigenvalue weighted by Crippen LogP contribution is 2.35. The smallest absolute Gasteiger partial charge is 0.328 e. The van der Waals surface area contributed by atoms with Crippen molar-refractivity contribution in [3.8, 4) is 0 Å². The molecular formula is C29H27Cl2FN4O5. The van der Waals surface area contributed by atoms with Crippen molar-refractivity contribution in [1.82, 2.24) is 20.4 Å². The van der Waals surface area contributed by atoms with Crippen LogP contribution in [0.4, 0.5) is 9.18 Å². The molecule has 3 aromatic carbocycles. The van der Waals surface area contributed by atoms with Crippen molar-refractivity contribution < 1.29 is 28.7 Å². The fourth-order valence-electron chi connectivity index (χ4n) is 4.51. The number of nitrogens with one attached hydrogen (secondary N) is 2. The van der Waals surface area contributed by atoms with Crippen molar-refractivity contribution >= 4 is 47.0 Å². The maximum absolute atomic E-state index is 13.6. The molecule has 0 saturated carbocycles. The molecule has 214 valence electrons. The number of fused-ring (bicyclic) bond motifs is 1. The first kappa shape index (κ1) is 29.8. The first-order valence-corrected chi connectivity index (χ1v) is 13.4. The molecule has 0 saturated heterocycles. The third-order valence-corrected chi connectivity index (χ3v) is 7.37. The highest BCUT2D eigenvalue weighted by Gasteiger charge is 2.32. The van der Waals surface area contributed by atoms with E-state index in [-0.39, 0.29) is 53.3 Å². The molecule has 1 aliphatic heterocycles. The van der Waals surface area contributed by atoms with E-state index in [0.717, 1.165) is 10.5 Å². The minimum Gasteiger partial charge on any atom is -0.480 e. The van der Waals surface area contributed by atoms with Gasteiger partial charge in [0.2, 0.25) is 0 Å². The van der Waals surface area contributed by atoms with Crippen molar-refractivity contribution in [2.75, 3.05) is 20.1 Å². The molecule has 1 aliphatic rings. The first-order chi connectivity index (χ1) is 19.5. The van der Waals surface area contributed by atoms with Crippen molar-refractivity contribution in [3.63, 3.8) is 0 Å². The Morgan fingerprint density at radius 3 is 2.46 bits per heavy atom. The van der Waals surface area contributed by atoms with E-state index < -0.39 is 29.8 Å². The Balaban J connectivity index is 1.45. The van der Waals surface area contributed by atoms with Gasteiger partial charge in [0.1, 0.15) is 11.9 Å². The third kappa shape index (κ3) is 7.14. The summed E-state index contributed by atoms with van der Waals surface area (Å²) < 4.78 is 13.6. The number of amides is 4. The van der Waals surface area contributed by atoms with Gasteiger partial charge in [-0.2, -0.15) is 0 Å². The van der Waals surface area contributed by atoms with Crippen molar-refractivity contribution in [1.29, 1.82) is 0 Å². The number of carboxylic acid groups (broad SMARTS) is 1. The molecule has 4 amide bonds. The molecule has 12 heteroatoms. The average molecular weight is 601 g/mol. The number of carbonyl (C=O) groups is 4. The van der Waals surface area contributed by atoms with Gasteiger partial charge >= 0.3 is 12.0 Å². The lowest BCUT2D eigenvalue weighted by molar-refractivity contribution is -0.139. The summed E-state index contributed by atoms with van der Waals surface area (Å²) in [5.74, 6) is -3.01. The maximum Gasteiger partial charge on any atom is 0.328 e. The van der Waals surface area contributed by atoms with Gasteiger partial charge < -0.3 is 25.5 Å². The predicted molar refractivity (Wildman–Crippen MR) is 152 cm³/mol. The predicted octanol–water partition coefficient (Wildman–Crippen LogP) is 4.36. The molecule has 1 heterocycles. The van der Waals surface area contributed by atoms with Crippen LogP contribution in [0.3, 0.4) is 0 Å². The number of halogens is 3. The molecule has 0 radical (unpaired) electrons. The van der Waals surface area contributed by atoms with E-state index in [0.29, 0.717) is 17.5 Å². The summed E-state index contributed by atoms with van der Waals surface area (Å²) in [4.78, 5) is 53.5. The van der Waals surface area contributed by atoms with E-state index in [2.05, 4.69) is 10.6 Å². The van der Waals surface area contributed by atoms with E-state index in [4.69, 9.17) is 23.2 Å². The number of aliphatic carboxylic acids is 1. The summed E-state index contributed by atoms with van der Waals surface area (Å²) in [6.07, 6.45) is 0.305. The standard InChI is InChI=1S/C29H27Cl2FN4O5/c1-35(29(41)33-14-17-6-3-2-4-7-17)16-23(28(39)40)34-26(37)24-22(30)13-21-20(25(24)31)10-11-36(27(21)38)15-18-8-5-9-19(32)12-18/h2-9,12-13,23H,10-11,14-16H2,1H3,(H,33,41)(H,34,37)(H,39,40). The molecule has 0 bridgehead atoms. The van der Waals surface area contributed by atoms with Crippen LogP contribution in [0, 0.1) is 5.82 Å². The summed E-state index contributed by atoms with van der Waals surface area (Å²) in [5.41, 5.74) is 1.94. The zero-order valence-corrected chi connectivity index (χ0v) is 23.5. The Labute approximate surface area is 245 Å². The topological polar surface area (TPSA) is 119 Å². The van der Waals surface area contributed by atoms with Gasteiger partial charge in [-0.15, -0.1) is 0 Å². The number of urea groups is 1. The lowest BCUT2D eigenvalue weighted by Gasteiger charge is -2.30.